The van der Waals surface area contributed by atoms with E-state index in [9.17, 15) is 9.59 Å². The van der Waals surface area contributed by atoms with E-state index in [-0.39, 0.29) is 18.1 Å². The van der Waals surface area contributed by atoms with E-state index in [0.29, 0.717) is 60.4 Å². The van der Waals surface area contributed by atoms with E-state index in [1.165, 1.54) is 30.1 Å². The van der Waals surface area contributed by atoms with Gasteiger partial charge in [-0.15, -0.1) is 0 Å². The molecule has 1 N–H and O–H groups in total. The Morgan fingerprint density at radius 1 is 1.02 bits per heavy atom. The van der Waals surface area contributed by atoms with Gasteiger partial charge in [0.1, 0.15) is 23.6 Å². The van der Waals surface area contributed by atoms with Crippen LogP contribution in [0.3, 0.4) is 0 Å². The lowest BCUT2D eigenvalue weighted by Crippen LogP contribution is -2.40. The van der Waals surface area contributed by atoms with E-state index >= 15 is 0 Å². The highest BCUT2D eigenvalue weighted by molar-refractivity contribution is 7.07. The highest BCUT2D eigenvalue weighted by Crippen LogP contribution is 2.37. The van der Waals surface area contributed by atoms with Crippen LogP contribution in [0, 0.1) is 11.3 Å². The molecule has 4 aromatic rings. The summed E-state index contributed by atoms with van der Waals surface area (Å²) in [6, 6.07) is 20.6. The number of hydrogen-bond donors (Lipinski definition) is 1. The fourth-order valence-corrected chi connectivity index (χ4v) is 5.87. The molecule has 0 saturated carbocycles. The second kappa shape index (κ2) is 12.7. The molecule has 11 heteroatoms. The van der Waals surface area contributed by atoms with Crippen molar-refractivity contribution in [3.8, 4) is 29.1 Å². The number of thiazole rings is 1. The van der Waals surface area contributed by atoms with Gasteiger partial charge in [0.25, 0.3) is 11.5 Å². The van der Waals surface area contributed by atoms with Gasteiger partial charge in [-0.3, -0.25) is 14.2 Å². The van der Waals surface area contributed by atoms with Crippen molar-refractivity contribution in [3.05, 3.63) is 109 Å². The van der Waals surface area contributed by atoms with Crippen LogP contribution in [0.25, 0.3) is 6.08 Å². The Kier molecular flexibility index (Phi) is 8.59. The summed E-state index contributed by atoms with van der Waals surface area (Å²) in [5, 5.41) is 11.8. The number of nitrogens with zero attached hydrogens (tertiary/aromatic N) is 3. The number of nitrogens with one attached hydrogen (secondary N) is 1. The van der Waals surface area contributed by atoms with E-state index in [2.05, 4.69) is 5.32 Å². The Labute approximate surface area is 251 Å². The number of aromatic nitrogens is 1. The number of hydrogen-bond acceptors (Lipinski definition) is 9. The smallest absolute Gasteiger partial charge is 0.271 e. The van der Waals surface area contributed by atoms with Crippen LogP contribution in [0.2, 0.25) is 0 Å². The zero-order valence-corrected chi connectivity index (χ0v) is 24.7. The standard InChI is InChI=1S/C32H28N4O6S/c1-19-28(30(37)35-21-8-6-5-7-9-21)29(23-12-11-22(39-2)18-25(23)40-3)36-31(38)27(43-32(36)34-19)17-20-10-13-24(42-15-14-33)26(16-20)41-4/h5-13,16-18,29H,15H2,1-4H3,(H,35,37)/b27-17-/t29-/m1/s1. The van der Waals surface area contributed by atoms with E-state index in [1.54, 1.807) is 68.6 Å². The molecule has 1 aliphatic heterocycles. The lowest BCUT2D eigenvalue weighted by molar-refractivity contribution is -0.113. The predicted molar refractivity (Wildman–Crippen MR) is 162 cm³/mol. The summed E-state index contributed by atoms with van der Waals surface area (Å²) in [4.78, 5) is 33.0. The quantitative estimate of drug-likeness (QED) is 0.312. The maximum absolute atomic E-state index is 14.1. The second-order valence-corrected chi connectivity index (χ2v) is 10.4. The number of methoxy groups -OCH3 is 3. The number of carbonyl (C=O) groups is 1. The zero-order chi connectivity index (χ0) is 30.5. The molecule has 5 rings (SSSR count). The number of amides is 1. The molecular formula is C32H28N4O6S. The third-order valence-corrected chi connectivity index (χ3v) is 7.79. The highest BCUT2D eigenvalue weighted by atomic mass is 32.1. The monoisotopic (exact) mass is 596 g/mol. The lowest BCUT2D eigenvalue weighted by atomic mass is 9.94. The molecule has 10 nitrogen and oxygen atoms in total. The van der Waals surface area contributed by atoms with Crippen molar-refractivity contribution in [1.82, 2.24) is 4.57 Å². The van der Waals surface area contributed by atoms with Gasteiger partial charge in [-0.05, 0) is 55.0 Å². The molecule has 0 radical (unpaired) electrons. The van der Waals surface area contributed by atoms with Gasteiger partial charge in [0.15, 0.2) is 22.9 Å². The first-order valence-electron chi connectivity index (χ1n) is 13.2. The number of nitriles is 1. The fourth-order valence-electron chi connectivity index (χ4n) is 4.82. The average Bonchev–Trinajstić information content (AvgIpc) is 3.33. The number of carbonyl (C=O) groups excluding carboxylic acids is 1. The van der Waals surface area contributed by atoms with Crippen molar-refractivity contribution < 1.29 is 23.7 Å². The van der Waals surface area contributed by atoms with Gasteiger partial charge >= 0.3 is 0 Å². The minimum Gasteiger partial charge on any atom is -0.497 e. The summed E-state index contributed by atoms with van der Waals surface area (Å²) < 4.78 is 23.9. The Morgan fingerprint density at radius 2 is 1.79 bits per heavy atom. The van der Waals surface area contributed by atoms with E-state index < -0.39 is 6.04 Å². The third kappa shape index (κ3) is 5.86. The maximum atomic E-state index is 14.1. The van der Waals surface area contributed by atoms with Crippen LogP contribution in [0.15, 0.2) is 87.8 Å². The van der Waals surface area contributed by atoms with E-state index in [0.717, 1.165) is 0 Å². The Bertz CT molecular complexity index is 1940. The van der Waals surface area contributed by atoms with Crippen molar-refractivity contribution in [2.24, 2.45) is 4.99 Å². The predicted octanol–water partition coefficient (Wildman–Crippen LogP) is 3.80. The first kappa shape index (κ1) is 29.2. The van der Waals surface area contributed by atoms with Crippen LogP contribution in [0.1, 0.15) is 24.1 Å². The Balaban J connectivity index is 1.67. The average molecular weight is 597 g/mol. The lowest BCUT2D eigenvalue weighted by Gasteiger charge is -2.26. The Morgan fingerprint density at radius 3 is 2.49 bits per heavy atom. The number of fused-ring (bicyclic) bond motifs is 1. The number of rotatable bonds is 9. The van der Waals surface area contributed by atoms with E-state index in [1.807, 2.05) is 24.3 Å². The molecular weight excluding hydrogens is 568 g/mol. The van der Waals surface area contributed by atoms with Crippen molar-refractivity contribution in [3.63, 3.8) is 0 Å². The van der Waals surface area contributed by atoms with Crippen molar-refractivity contribution in [2.75, 3.05) is 33.3 Å². The molecule has 2 heterocycles. The summed E-state index contributed by atoms with van der Waals surface area (Å²) >= 11 is 1.21. The molecule has 1 aromatic heterocycles. The first-order chi connectivity index (χ1) is 20.9. The van der Waals surface area contributed by atoms with E-state index in [4.69, 9.17) is 29.2 Å². The van der Waals surface area contributed by atoms with Gasteiger partial charge < -0.3 is 24.3 Å². The Hall–Kier alpha value is -5.34. The summed E-state index contributed by atoms with van der Waals surface area (Å²) in [5.74, 6) is 1.48. The number of ether oxygens (including phenoxy) is 4. The van der Waals surface area contributed by atoms with Crippen molar-refractivity contribution in [2.45, 2.75) is 13.0 Å². The highest BCUT2D eigenvalue weighted by Gasteiger charge is 2.34. The molecule has 3 aromatic carbocycles. The summed E-state index contributed by atoms with van der Waals surface area (Å²) in [6.45, 7) is 1.63. The number of allylic oxidation sites excluding steroid dienone is 1. The molecule has 218 valence electrons. The van der Waals surface area contributed by atoms with Crippen LogP contribution in [-0.2, 0) is 4.79 Å². The number of para-hydroxylation sites is 1. The molecule has 43 heavy (non-hydrogen) atoms. The minimum atomic E-state index is -0.834. The van der Waals surface area contributed by atoms with Gasteiger partial charge in [-0.25, -0.2) is 4.99 Å². The van der Waals surface area contributed by atoms with Crippen LogP contribution >= 0.6 is 11.3 Å². The first-order valence-corrected chi connectivity index (χ1v) is 14.0. The number of benzene rings is 3. The van der Waals surface area contributed by atoms with Crippen molar-refractivity contribution >= 4 is 29.0 Å². The van der Waals surface area contributed by atoms with Crippen LogP contribution in [-0.4, -0.2) is 38.4 Å². The fraction of sp³-hybridized carbons (Fsp3) is 0.188. The molecule has 1 atom stereocenters. The molecule has 1 aliphatic rings. The molecule has 0 saturated heterocycles. The van der Waals surface area contributed by atoms with Gasteiger partial charge in [-0.1, -0.05) is 35.6 Å². The molecule has 0 bridgehead atoms. The van der Waals surface area contributed by atoms with Gasteiger partial charge in [0.05, 0.1) is 37.1 Å². The number of anilines is 1. The van der Waals surface area contributed by atoms with Gasteiger partial charge in [0, 0.05) is 17.3 Å². The summed E-state index contributed by atoms with van der Waals surface area (Å²) in [5.41, 5.74) is 2.36. The largest absolute Gasteiger partial charge is 0.497 e. The SMILES string of the molecule is COc1ccc([C@@H]2C(C(=O)Nc3ccccc3)=C(C)N=c3s/c(=C\c4ccc(OCC#N)c(OC)c4)c(=O)n32)c(OC)c1. The third-order valence-electron chi connectivity index (χ3n) is 6.81. The molecule has 0 aliphatic carbocycles. The van der Waals surface area contributed by atoms with Crippen LogP contribution in [0.4, 0.5) is 5.69 Å². The minimum absolute atomic E-state index is 0.122. The van der Waals surface area contributed by atoms with Gasteiger partial charge in [-0.2, -0.15) is 5.26 Å². The topological polar surface area (TPSA) is 124 Å². The van der Waals surface area contributed by atoms with Gasteiger partial charge in [0.2, 0.25) is 0 Å². The molecule has 0 spiro atoms. The van der Waals surface area contributed by atoms with Crippen molar-refractivity contribution in [1.29, 1.82) is 5.26 Å². The summed E-state index contributed by atoms with van der Waals surface area (Å²) in [7, 11) is 4.58. The zero-order valence-electron chi connectivity index (χ0n) is 23.9. The molecule has 1 amide bonds. The molecule has 0 fully saturated rings. The normalized spacial score (nSPS) is 14.3. The second-order valence-electron chi connectivity index (χ2n) is 9.37. The molecule has 0 unspecified atom stereocenters. The van der Waals surface area contributed by atoms with Crippen LogP contribution < -0.4 is 39.2 Å². The maximum Gasteiger partial charge on any atom is 0.271 e. The summed E-state index contributed by atoms with van der Waals surface area (Å²) in [6.07, 6.45) is 1.73. The van der Waals surface area contributed by atoms with Crippen LogP contribution in [0.5, 0.6) is 23.0 Å².